The van der Waals surface area contributed by atoms with Crippen molar-refractivity contribution in [1.29, 1.82) is 0 Å². The van der Waals surface area contributed by atoms with Crippen molar-refractivity contribution in [2.45, 2.75) is 13.3 Å². The highest BCUT2D eigenvalue weighted by molar-refractivity contribution is 5.95. The molecule has 0 radical (unpaired) electrons. The number of carbonyl (C=O) groups is 2. The molecule has 8 nitrogen and oxygen atoms in total. The molecule has 158 valence electrons. The number of para-hydroxylation sites is 1. The summed E-state index contributed by atoms with van der Waals surface area (Å²) in [5, 5.41) is 13.8. The Balaban J connectivity index is 1.54. The molecule has 0 saturated carbocycles. The second kappa shape index (κ2) is 9.45. The van der Waals surface area contributed by atoms with Crippen LogP contribution in [0.1, 0.15) is 22.8 Å². The van der Waals surface area contributed by atoms with E-state index in [-0.39, 0.29) is 23.9 Å². The van der Waals surface area contributed by atoms with Crippen LogP contribution in [-0.4, -0.2) is 59.3 Å². The summed E-state index contributed by atoms with van der Waals surface area (Å²) in [7, 11) is 0. The molecule has 3 rings (SSSR count). The molecule has 1 saturated heterocycles. The molecule has 2 amide bonds. The van der Waals surface area contributed by atoms with Crippen molar-refractivity contribution >= 4 is 23.2 Å². The molecular weight excluding hydrogens is 391 g/mol. The second-order valence-corrected chi connectivity index (χ2v) is 7.05. The predicted molar refractivity (Wildman–Crippen MR) is 110 cm³/mol. The number of nitrogens with zero attached hydrogens (tertiary/aromatic N) is 3. The molecule has 1 heterocycles. The molecule has 2 aromatic carbocycles. The number of halogens is 1. The van der Waals surface area contributed by atoms with Gasteiger partial charge in [-0.15, -0.1) is 0 Å². The van der Waals surface area contributed by atoms with Gasteiger partial charge >= 0.3 is 5.69 Å². The van der Waals surface area contributed by atoms with E-state index in [1.165, 1.54) is 6.07 Å². The van der Waals surface area contributed by atoms with Gasteiger partial charge in [-0.1, -0.05) is 25.1 Å². The molecule has 0 aliphatic carbocycles. The third kappa shape index (κ3) is 4.98. The van der Waals surface area contributed by atoms with Crippen molar-refractivity contribution in [2.75, 3.05) is 38.0 Å². The van der Waals surface area contributed by atoms with Gasteiger partial charge in [-0.3, -0.25) is 24.6 Å². The molecule has 2 aromatic rings. The van der Waals surface area contributed by atoms with Gasteiger partial charge in [0.1, 0.15) is 0 Å². The Hall–Kier alpha value is -3.33. The molecule has 1 aliphatic heterocycles. The van der Waals surface area contributed by atoms with Gasteiger partial charge in [0.05, 0.1) is 11.5 Å². The quantitative estimate of drug-likeness (QED) is 0.579. The molecule has 0 bridgehead atoms. The Labute approximate surface area is 173 Å². The van der Waals surface area contributed by atoms with Crippen molar-refractivity contribution in [3.8, 4) is 0 Å². The first-order valence-corrected chi connectivity index (χ1v) is 9.72. The van der Waals surface area contributed by atoms with Crippen LogP contribution in [0, 0.1) is 15.9 Å². The van der Waals surface area contributed by atoms with Gasteiger partial charge in [-0.25, -0.2) is 0 Å². The number of aryl methyl sites for hydroxylation is 1. The molecule has 0 spiro atoms. The van der Waals surface area contributed by atoms with E-state index in [0.29, 0.717) is 26.2 Å². The van der Waals surface area contributed by atoms with Crippen LogP contribution in [0.4, 0.5) is 15.8 Å². The van der Waals surface area contributed by atoms with Gasteiger partial charge in [0.2, 0.25) is 11.7 Å². The monoisotopic (exact) mass is 414 g/mol. The zero-order chi connectivity index (χ0) is 21.7. The first-order chi connectivity index (χ1) is 14.4. The lowest BCUT2D eigenvalue weighted by atomic mass is 10.1. The molecule has 30 heavy (non-hydrogen) atoms. The lowest BCUT2D eigenvalue weighted by molar-refractivity contribution is -0.387. The van der Waals surface area contributed by atoms with E-state index in [1.54, 1.807) is 4.90 Å². The summed E-state index contributed by atoms with van der Waals surface area (Å²) in [6, 6.07) is 10.8. The van der Waals surface area contributed by atoms with Crippen LogP contribution in [0.15, 0.2) is 42.5 Å². The molecule has 1 aliphatic rings. The van der Waals surface area contributed by atoms with Gasteiger partial charge in [0.15, 0.2) is 0 Å². The molecule has 0 aromatic heterocycles. The number of anilines is 1. The molecule has 0 atom stereocenters. The van der Waals surface area contributed by atoms with Crippen LogP contribution in [0.5, 0.6) is 0 Å². The van der Waals surface area contributed by atoms with Crippen molar-refractivity contribution < 1.29 is 18.9 Å². The number of hydrogen-bond donors (Lipinski definition) is 1. The van der Waals surface area contributed by atoms with Gasteiger partial charge in [-0.2, -0.15) is 4.39 Å². The minimum absolute atomic E-state index is 0.0745. The summed E-state index contributed by atoms with van der Waals surface area (Å²) in [5.74, 6) is -1.49. The number of benzene rings is 2. The number of nitro benzene ring substituents is 1. The minimum Gasteiger partial charge on any atom is -0.336 e. The average molecular weight is 414 g/mol. The Bertz CT molecular complexity index is 958. The Morgan fingerprint density at radius 2 is 1.83 bits per heavy atom. The molecule has 9 heteroatoms. The summed E-state index contributed by atoms with van der Waals surface area (Å²) in [4.78, 5) is 38.5. The Morgan fingerprint density at radius 1 is 1.13 bits per heavy atom. The summed E-state index contributed by atoms with van der Waals surface area (Å²) < 4.78 is 13.5. The fourth-order valence-electron chi connectivity index (χ4n) is 3.42. The zero-order valence-corrected chi connectivity index (χ0v) is 16.6. The maximum atomic E-state index is 13.5. The van der Waals surface area contributed by atoms with E-state index in [2.05, 4.69) is 5.32 Å². The lowest BCUT2D eigenvalue weighted by Gasteiger charge is -2.34. The number of amides is 2. The third-order valence-electron chi connectivity index (χ3n) is 5.09. The molecule has 0 unspecified atom stereocenters. The molecular formula is C21H23FN4O4. The van der Waals surface area contributed by atoms with E-state index in [9.17, 15) is 24.1 Å². The normalized spacial score (nSPS) is 14.4. The third-order valence-corrected chi connectivity index (χ3v) is 5.09. The zero-order valence-electron chi connectivity index (χ0n) is 16.6. The summed E-state index contributed by atoms with van der Waals surface area (Å²) in [6.07, 6.45) is 0.818. The van der Waals surface area contributed by atoms with E-state index < -0.39 is 16.4 Å². The van der Waals surface area contributed by atoms with Crippen LogP contribution in [0.3, 0.4) is 0 Å². The van der Waals surface area contributed by atoms with Crippen LogP contribution >= 0.6 is 0 Å². The highest BCUT2D eigenvalue weighted by Gasteiger charge is 2.25. The maximum absolute atomic E-state index is 13.5. The average Bonchev–Trinajstić information content (AvgIpc) is 2.74. The van der Waals surface area contributed by atoms with E-state index in [1.807, 2.05) is 36.1 Å². The van der Waals surface area contributed by atoms with E-state index in [4.69, 9.17) is 0 Å². The minimum atomic E-state index is -0.975. The predicted octanol–water partition coefficient (Wildman–Crippen LogP) is 2.69. The summed E-state index contributed by atoms with van der Waals surface area (Å²) in [6.45, 7) is 3.99. The number of carbonyl (C=O) groups excluding carboxylic acids is 2. The van der Waals surface area contributed by atoms with Gasteiger partial charge in [0, 0.05) is 43.5 Å². The number of hydrogen-bond acceptors (Lipinski definition) is 5. The number of nitrogens with one attached hydrogen (secondary N) is 1. The Morgan fingerprint density at radius 3 is 2.50 bits per heavy atom. The Kier molecular flexibility index (Phi) is 6.73. The van der Waals surface area contributed by atoms with E-state index >= 15 is 0 Å². The topological polar surface area (TPSA) is 95.8 Å². The van der Waals surface area contributed by atoms with Crippen molar-refractivity contribution in [2.24, 2.45) is 0 Å². The van der Waals surface area contributed by atoms with Gasteiger partial charge < -0.3 is 10.2 Å². The largest absolute Gasteiger partial charge is 0.336 e. The van der Waals surface area contributed by atoms with Crippen LogP contribution in [0.2, 0.25) is 0 Å². The lowest BCUT2D eigenvalue weighted by Crippen LogP contribution is -2.50. The first kappa shape index (κ1) is 21.4. The van der Waals surface area contributed by atoms with Crippen molar-refractivity contribution in [3.05, 3.63) is 69.5 Å². The maximum Gasteiger partial charge on any atom is 0.305 e. The van der Waals surface area contributed by atoms with Gasteiger partial charge in [0.25, 0.3) is 5.91 Å². The fraction of sp³-hybridized carbons (Fsp3) is 0.333. The number of nitro groups is 1. The van der Waals surface area contributed by atoms with Crippen molar-refractivity contribution in [3.63, 3.8) is 0 Å². The van der Waals surface area contributed by atoms with Crippen molar-refractivity contribution in [1.82, 2.24) is 9.80 Å². The SMILES string of the molecule is CCc1ccccc1NC(=O)CN1CCN(C(=O)c2ccc(F)c([N+](=O)[O-])c2)CC1. The van der Waals surface area contributed by atoms with Crippen LogP contribution in [0.25, 0.3) is 0 Å². The molecule has 1 fully saturated rings. The highest BCUT2D eigenvalue weighted by Crippen LogP contribution is 2.20. The van der Waals surface area contributed by atoms with Gasteiger partial charge in [-0.05, 0) is 30.2 Å². The number of rotatable bonds is 6. The number of piperazine rings is 1. The fourth-order valence-corrected chi connectivity index (χ4v) is 3.42. The highest BCUT2D eigenvalue weighted by atomic mass is 19.1. The smallest absolute Gasteiger partial charge is 0.305 e. The summed E-state index contributed by atoms with van der Waals surface area (Å²) in [5.41, 5.74) is 1.22. The van der Waals surface area contributed by atoms with E-state index in [0.717, 1.165) is 29.8 Å². The van der Waals surface area contributed by atoms with Crippen LogP contribution < -0.4 is 5.32 Å². The second-order valence-electron chi connectivity index (χ2n) is 7.05. The summed E-state index contributed by atoms with van der Waals surface area (Å²) >= 11 is 0. The van der Waals surface area contributed by atoms with Crippen LogP contribution in [-0.2, 0) is 11.2 Å². The first-order valence-electron chi connectivity index (χ1n) is 9.72. The molecule has 1 N–H and O–H groups in total. The standard InChI is InChI=1S/C21H23FN4O4/c1-2-15-5-3-4-6-18(15)23-20(27)14-24-9-11-25(12-10-24)21(28)16-7-8-17(22)19(13-16)26(29)30/h3-8,13H,2,9-12,14H2,1H3,(H,23,27).